The Morgan fingerprint density at radius 3 is 1.97 bits per heavy atom. The minimum absolute atomic E-state index is 0.0286. The van der Waals surface area contributed by atoms with Gasteiger partial charge in [0.05, 0.1) is 19.1 Å². The van der Waals surface area contributed by atoms with E-state index in [0.29, 0.717) is 28.4 Å². The highest BCUT2D eigenvalue weighted by Gasteiger charge is 2.16. The third-order valence-corrected chi connectivity index (χ3v) is 5.48. The monoisotopic (exact) mass is 412 g/mol. The lowest BCUT2D eigenvalue weighted by atomic mass is 10.2. The standard InChI is InChI=1S/C21H20N2O5S/c1-27-18-10-6-15(7-11-18)21(24)22-17-4-3-5-20(14-17)29(25,26)23-16-8-12-19(28-2)13-9-16/h3-14,23H,1-2H3,(H,22,24). The molecule has 0 saturated heterocycles. The van der Waals surface area contributed by atoms with Gasteiger partial charge in [0.15, 0.2) is 0 Å². The van der Waals surface area contributed by atoms with E-state index >= 15 is 0 Å². The molecule has 3 aromatic rings. The Bertz CT molecular complexity index is 1090. The third kappa shape index (κ3) is 5.05. The minimum Gasteiger partial charge on any atom is -0.497 e. The summed E-state index contributed by atoms with van der Waals surface area (Å²) in [4.78, 5) is 12.4. The fourth-order valence-electron chi connectivity index (χ4n) is 2.56. The summed E-state index contributed by atoms with van der Waals surface area (Å²) in [7, 11) is -0.748. The summed E-state index contributed by atoms with van der Waals surface area (Å²) in [6.45, 7) is 0. The van der Waals surface area contributed by atoms with Gasteiger partial charge in [-0.25, -0.2) is 8.42 Å². The highest BCUT2D eigenvalue weighted by Crippen LogP contribution is 2.22. The van der Waals surface area contributed by atoms with E-state index in [-0.39, 0.29) is 10.8 Å². The molecule has 0 aliphatic carbocycles. The number of nitrogens with one attached hydrogen (secondary N) is 2. The zero-order valence-corrected chi connectivity index (χ0v) is 16.7. The fourth-order valence-corrected chi connectivity index (χ4v) is 3.66. The lowest BCUT2D eigenvalue weighted by Crippen LogP contribution is -2.15. The Kier molecular flexibility index (Phi) is 6.04. The normalized spacial score (nSPS) is 10.8. The lowest BCUT2D eigenvalue weighted by molar-refractivity contribution is 0.102. The molecule has 0 aromatic heterocycles. The number of sulfonamides is 1. The van der Waals surface area contributed by atoms with Crippen LogP contribution in [0.25, 0.3) is 0 Å². The van der Waals surface area contributed by atoms with Crippen LogP contribution in [-0.2, 0) is 10.0 Å². The van der Waals surface area contributed by atoms with Gasteiger partial charge >= 0.3 is 0 Å². The Morgan fingerprint density at radius 1 is 0.793 bits per heavy atom. The van der Waals surface area contributed by atoms with Crippen LogP contribution in [0.4, 0.5) is 11.4 Å². The van der Waals surface area contributed by atoms with Crippen LogP contribution in [0.5, 0.6) is 11.5 Å². The van der Waals surface area contributed by atoms with E-state index in [4.69, 9.17) is 9.47 Å². The molecule has 0 fully saturated rings. The number of anilines is 2. The van der Waals surface area contributed by atoms with E-state index in [1.54, 1.807) is 67.8 Å². The molecule has 2 N–H and O–H groups in total. The molecule has 3 rings (SSSR count). The fraction of sp³-hybridized carbons (Fsp3) is 0.0952. The maximum Gasteiger partial charge on any atom is 0.261 e. The number of carbonyl (C=O) groups is 1. The van der Waals surface area contributed by atoms with Gasteiger partial charge in [-0.3, -0.25) is 9.52 Å². The number of hydrogen-bond acceptors (Lipinski definition) is 5. The molecule has 0 unspecified atom stereocenters. The first-order valence-electron chi connectivity index (χ1n) is 8.63. The van der Waals surface area contributed by atoms with E-state index in [1.807, 2.05) is 0 Å². The average molecular weight is 412 g/mol. The van der Waals surface area contributed by atoms with Gasteiger partial charge in [-0.15, -0.1) is 0 Å². The molecule has 0 radical (unpaired) electrons. The SMILES string of the molecule is COc1ccc(NS(=O)(=O)c2cccc(NC(=O)c3ccc(OC)cc3)c2)cc1. The van der Waals surface area contributed by atoms with Gasteiger partial charge in [0.25, 0.3) is 15.9 Å². The molecule has 1 amide bonds. The number of amides is 1. The van der Waals surface area contributed by atoms with Crippen molar-refractivity contribution in [1.29, 1.82) is 0 Å². The number of carbonyl (C=O) groups excluding carboxylic acids is 1. The first-order chi connectivity index (χ1) is 13.9. The third-order valence-electron chi connectivity index (χ3n) is 4.10. The van der Waals surface area contributed by atoms with Gasteiger partial charge in [-0.1, -0.05) is 6.07 Å². The molecule has 0 spiro atoms. The highest BCUT2D eigenvalue weighted by atomic mass is 32.2. The van der Waals surface area contributed by atoms with Crippen LogP contribution < -0.4 is 19.5 Å². The number of hydrogen-bond donors (Lipinski definition) is 2. The molecule has 0 bridgehead atoms. The van der Waals surface area contributed by atoms with E-state index in [0.717, 1.165) is 0 Å². The molecule has 0 aliphatic heterocycles. The van der Waals surface area contributed by atoms with Gasteiger partial charge in [0.2, 0.25) is 0 Å². The molecule has 7 nitrogen and oxygen atoms in total. The van der Waals surface area contributed by atoms with Crippen LogP contribution in [0.15, 0.2) is 77.7 Å². The zero-order chi connectivity index (χ0) is 20.9. The van der Waals surface area contributed by atoms with Crippen LogP contribution in [0.2, 0.25) is 0 Å². The van der Waals surface area contributed by atoms with Crippen molar-refractivity contribution in [3.8, 4) is 11.5 Å². The number of ether oxygens (including phenoxy) is 2. The highest BCUT2D eigenvalue weighted by molar-refractivity contribution is 7.92. The summed E-state index contributed by atoms with van der Waals surface area (Å²) in [5, 5.41) is 2.70. The number of rotatable bonds is 7. The smallest absolute Gasteiger partial charge is 0.261 e. The predicted molar refractivity (Wildman–Crippen MR) is 111 cm³/mol. The molecule has 0 heterocycles. The van der Waals surface area contributed by atoms with Crippen LogP contribution in [0.3, 0.4) is 0 Å². The van der Waals surface area contributed by atoms with Crippen molar-refractivity contribution >= 4 is 27.3 Å². The Labute approximate surface area is 169 Å². The van der Waals surface area contributed by atoms with E-state index in [9.17, 15) is 13.2 Å². The lowest BCUT2D eigenvalue weighted by Gasteiger charge is -2.11. The first-order valence-corrected chi connectivity index (χ1v) is 10.1. The number of benzene rings is 3. The topological polar surface area (TPSA) is 93.7 Å². The molecule has 150 valence electrons. The van der Waals surface area contributed by atoms with Gasteiger partial charge in [-0.2, -0.15) is 0 Å². The largest absolute Gasteiger partial charge is 0.497 e. The second-order valence-electron chi connectivity index (χ2n) is 6.04. The molecule has 29 heavy (non-hydrogen) atoms. The minimum atomic E-state index is -3.82. The van der Waals surface area contributed by atoms with Crippen LogP contribution >= 0.6 is 0 Å². The summed E-state index contributed by atoms with van der Waals surface area (Å²) in [5.41, 5.74) is 1.19. The van der Waals surface area contributed by atoms with E-state index < -0.39 is 10.0 Å². The second kappa shape index (κ2) is 8.66. The Balaban J connectivity index is 1.75. The van der Waals surface area contributed by atoms with Crippen molar-refractivity contribution in [3.63, 3.8) is 0 Å². The van der Waals surface area contributed by atoms with Gasteiger partial charge in [-0.05, 0) is 66.7 Å². The molecule has 0 saturated carbocycles. The number of methoxy groups -OCH3 is 2. The molecular formula is C21H20N2O5S. The van der Waals surface area contributed by atoms with Crippen molar-refractivity contribution in [2.45, 2.75) is 4.90 Å². The van der Waals surface area contributed by atoms with Crippen molar-refractivity contribution in [2.75, 3.05) is 24.3 Å². The summed E-state index contributed by atoms with van der Waals surface area (Å²) in [6, 6.07) is 19.1. The van der Waals surface area contributed by atoms with Gasteiger partial charge in [0, 0.05) is 16.9 Å². The first kappa shape index (κ1) is 20.2. The van der Waals surface area contributed by atoms with Crippen molar-refractivity contribution in [1.82, 2.24) is 0 Å². The van der Waals surface area contributed by atoms with Crippen LogP contribution in [0.1, 0.15) is 10.4 Å². The van der Waals surface area contributed by atoms with E-state index in [1.165, 1.54) is 19.2 Å². The molecule has 8 heteroatoms. The molecule has 0 atom stereocenters. The Morgan fingerprint density at radius 2 is 1.38 bits per heavy atom. The summed E-state index contributed by atoms with van der Waals surface area (Å²) in [5.74, 6) is 0.903. The second-order valence-corrected chi connectivity index (χ2v) is 7.73. The van der Waals surface area contributed by atoms with Crippen LogP contribution in [-0.4, -0.2) is 28.5 Å². The van der Waals surface area contributed by atoms with Crippen molar-refractivity contribution < 1.29 is 22.7 Å². The zero-order valence-electron chi connectivity index (χ0n) is 15.9. The van der Waals surface area contributed by atoms with E-state index in [2.05, 4.69) is 10.0 Å². The van der Waals surface area contributed by atoms with Crippen LogP contribution in [0, 0.1) is 0 Å². The average Bonchev–Trinajstić information content (AvgIpc) is 2.74. The van der Waals surface area contributed by atoms with Crippen molar-refractivity contribution in [3.05, 3.63) is 78.4 Å². The predicted octanol–water partition coefficient (Wildman–Crippen LogP) is 3.76. The Hall–Kier alpha value is -3.52. The maximum absolute atomic E-state index is 12.7. The molecule has 0 aliphatic rings. The molecular weight excluding hydrogens is 392 g/mol. The maximum atomic E-state index is 12.7. The van der Waals surface area contributed by atoms with Gasteiger partial charge < -0.3 is 14.8 Å². The molecule has 3 aromatic carbocycles. The quantitative estimate of drug-likeness (QED) is 0.616. The summed E-state index contributed by atoms with van der Waals surface area (Å²) < 4.78 is 38.0. The van der Waals surface area contributed by atoms with Crippen molar-refractivity contribution in [2.24, 2.45) is 0 Å². The van der Waals surface area contributed by atoms with Gasteiger partial charge in [0.1, 0.15) is 11.5 Å². The summed E-state index contributed by atoms with van der Waals surface area (Å²) >= 11 is 0. The summed E-state index contributed by atoms with van der Waals surface area (Å²) in [6.07, 6.45) is 0.